The maximum Gasteiger partial charge on any atom is 0.261 e. The summed E-state index contributed by atoms with van der Waals surface area (Å²) in [5.74, 6) is 0.429. The zero-order chi connectivity index (χ0) is 25.4. The summed E-state index contributed by atoms with van der Waals surface area (Å²) in [7, 11) is 1.52. The van der Waals surface area contributed by atoms with E-state index in [-0.39, 0.29) is 5.11 Å². The van der Waals surface area contributed by atoms with Gasteiger partial charge in [0.1, 0.15) is 11.3 Å². The summed E-state index contributed by atoms with van der Waals surface area (Å²) in [4.78, 5) is 17.6. The Kier molecular flexibility index (Phi) is 6.85. The molecular formula is C26H16BrCl2N3O3S. The van der Waals surface area contributed by atoms with Crippen LogP contribution in [0, 0.1) is 0 Å². The number of hydrogen-bond acceptors (Lipinski definition) is 5. The van der Waals surface area contributed by atoms with E-state index in [4.69, 9.17) is 44.6 Å². The number of hydrogen-bond donors (Lipinski definition) is 2. The van der Waals surface area contributed by atoms with Crippen molar-refractivity contribution < 1.29 is 13.9 Å². The van der Waals surface area contributed by atoms with Crippen LogP contribution < -0.4 is 15.4 Å². The van der Waals surface area contributed by atoms with E-state index in [0.717, 1.165) is 10.8 Å². The average Bonchev–Trinajstić information content (AvgIpc) is 3.29. The first-order chi connectivity index (χ1) is 17.3. The number of carbonyl (C=O) groups excluding carboxylic acids is 1. The Labute approximate surface area is 229 Å². The average molecular weight is 601 g/mol. The summed E-state index contributed by atoms with van der Waals surface area (Å²) in [5, 5.41) is 8.54. The number of carbonyl (C=O) groups is 1. The molecule has 1 heterocycles. The molecule has 0 bridgehead atoms. The van der Waals surface area contributed by atoms with Gasteiger partial charge in [0.05, 0.1) is 27.2 Å². The molecule has 0 aliphatic carbocycles. The van der Waals surface area contributed by atoms with E-state index < -0.39 is 5.91 Å². The largest absolute Gasteiger partial charge is 0.495 e. The third-order valence-corrected chi connectivity index (χ3v) is 7.16. The summed E-state index contributed by atoms with van der Waals surface area (Å²) in [6.07, 6.45) is 0. The number of nitrogens with zero attached hydrogens (tertiary/aromatic N) is 1. The highest BCUT2D eigenvalue weighted by Crippen LogP contribution is 2.36. The minimum absolute atomic E-state index is 0.124. The zero-order valence-corrected chi connectivity index (χ0v) is 22.5. The summed E-state index contributed by atoms with van der Waals surface area (Å²) in [6.45, 7) is 0. The monoisotopic (exact) mass is 599 g/mol. The van der Waals surface area contributed by atoms with E-state index >= 15 is 0 Å². The molecule has 0 saturated heterocycles. The fraction of sp³-hybridized carbons (Fsp3) is 0.0385. The van der Waals surface area contributed by atoms with Gasteiger partial charge in [0.25, 0.3) is 5.91 Å². The second-order valence-corrected chi connectivity index (χ2v) is 9.75. The van der Waals surface area contributed by atoms with Crippen molar-refractivity contribution in [2.24, 2.45) is 0 Å². The van der Waals surface area contributed by atoms with Gasteiger partial charge in [0, 0.05) is 11.3 Å². The molecule has 6 nitrogen and oxygen atoms in total. The summed E-state index contributed by atoms with van der Waals surface area (Å²) >= 11 is 21.0. The van der Waals surface area contributed by atoms with Crippen LogP contribution in [0.25, 0.3) is 33.3 Å². The molecule has 2 N–H and O–H groups in total. The van der Waals surface area contributed by atoms with E-state index in [2.05, 4.69) is 31.5 Å². The van der Waals surface area contributed by atoms with Crippen molar-refractivity contribution in [3.8, 4) is 17.2 Å². The fourth-order valence-corrected chi connectivity index (χ4v) is 4.99. The lowest BCUT2D eigenvalue weighted by Crippen LogP contribution is -2.34. The second-order valence-electron chi connectivity index (χ2n) is 7.73. The van der Waals surface area contributed by atoms with Gasteiger partial charge < -0.3 is 14.5 Å². The maximum absolute atomic E-state index is 13.1. The molecule has 0 spiro atoms. The number of fused-ring (bicyclic) bond motifs is 2. The maximum atomic E-state index is 13.1. The molecule has 5 rings (SSSR count). The highest BCUT2D eigenvalue weighted by atomic mass is 79.9. The van der Waals surface area contributed by atoms with Crippen LogP contribution in [0.4, 0.5) is 5.69 Å². The second kappa shape index (κ2) is 10.1. The number of thiocarbonyl (C=S) groups is 1. The number of benzene rings is 4. The van der Waals surface area contributed by atoms with Crippen LogP contribution in [0.15, 0.2) is 75.6 Å². The molecule has 10 heteroatoms. The molecule has 0 radical (unpaired) electrons. The summed E-state index contributed by atoms with van der Waals surface area (Å²) < 4.78 is 12.0. The molecule has 0 saturated carbocycles. The highest BCUT2D eigenvalue weighted by molar-refractivity contribution is 9.10. The van der Waals surface area contributed by atoms with Crippen molar-refractivity contribution in [2.45, 2.75) is 0 Å². The van der Waals surface area contributed by atoms with Crippen molar-refractivity contribution in [1.82, 2.24) is 10.3 Å². The number of rotatable bonds is 4. The van der Waals surface area contributed by atoms with Gasteiger partial charge in [-0.3, -0.25) is 10.1 Å². The molecular weight excluding hydrogens is 585 g/mol. The van der Waals surface area contributed by atoms with Gasteiger partial charge in [-0.25, -0.2) is 4.98 Å². The van der Waals surface area contributed by atoms with Crippen molar-refractivity contribution in [3.05, 3.63) is 86.8 Å². The number of amides is 1. The Morgan fingerprint density at radius 1 is 1.06 bits per heavy atom. The topological polar surface area (TPSA) is 76.4 Å². The highest BCUT2D eigenvalue weighted by Gasteiger charge is 2.19. The standard InChI is InChI=1S/C26H16BrCl2N3O3S/c1-34-23-17(10-13-4-2-3-5-16(13)22(23)27)24(33)32-26(36)30-15-7-9-21-20(12-15)31-25(35-21)14-6-8-18(28)19(29)11-14/h2-12H,1H3,(H2,30,32,33,36). The minimum atomic E-state index is -0.403. The van der Waals surface area contributed by atoms with Gasteiger partial charge in [-0.1, -0.05) is 47.5 Å². The van der Waals surface area contributed by atoms with Gasteiger partial charge in [-0.2, -0.15) is 0 Å². The van der Waals surface area contributed by atoms with Crippen LogP contribution in [0.5, 0.6) is 5.75 Å². The van der Waals surface area contributed by atoms with Crippen molar-refractivity contribution in [2.75, 3.05) is 12.4 Å². The number of methoxy groups -OCH3 is 1. The van der Waals surface area contributed by atoms with Crippen LogP contribution in [0.1, 0.15) is 10.4 Å². The number of oxazole rings is 1. The smallest absolute Gasteiger partial charge is 0.261 e. The molecule has 1 amide bonds. The van der Waals surface area contributed by atoms with E-state index in [1.54, 1.807) is 42.5 Å². The lowest BCUT2D eigenvalue weighted by Gasteiger charge is -2.14. The SMILES string of the molecule is COc1c(C(=O)NC(=S)Nc2ccc3oc(-c4ccc(Cl)c(Cl)c4)nc3c2)cc2ccccc2c1Br. The Bertz CT molecular complexity index is 1670. The zero-order valence-electron chi connectivity index (χ0n) is 18.6. The predicted molar refractivity (Wildman–Crippen MR) is 151 cm³/mol. The number of halogens is 3. The quantitative estimate of drug-likeness (QED) is 0.205. The normalized spacial score (nSPS) is 11.0. The van der Waals surface area contributed by atoms with Crippen LogP contribution >= 0.6 is 51.3 Å². The number of anilines is 1. The number of nitrogens with one attached hydrogen (secondary N) is 2. The van der Waals surface area contributed by atoms with Crippen LogP contribution in [0.3, 0.4) is 0 Å². The Morgan fingerprint density at radius 2 is 1.86 bits per heavy atom. The third kappa shape index (κ3) is 4.77. The Hall–Kier alpha value is -3.17. The van der Waals surface area contributed by atoms with Crippen molar-refractivity contribution in [1.29, 1.82) is 0 Å². The molecule has 0 fully saturated rings. The van der Waals surface area contributed by atoms with Crippen molar-refractivity contribution in [3.63, 3.8) is 0 Å². The molecule has 0 aliphatic rings. The molecule has 5 aromatic rings. The summed E-state index contributed by atoms with van der Waals surface area (Å²) in [6, 6.07) is 19.9. The first-order valence-corrected chi connectivity index (χ1v) is 12.5. The number of aromatic nitrogens is 1. The molecule has 0 unspecified atom stereocenters. The minimum Gasteiger partial charge on any atom is -0.495 e. The van der Waals surface area contributed by atoms with E-state index in [9.17, 15) is 4.79 Å². The van der Waals surface area contributed by atoms with Gasteiger partial charge >= 0.3 is 0 Å². The van der Waals surface area contributed by atoms with Crippen molar-refractivity contribution >= 4 is 89.9 Å². The van der Waals surface area contributed by atoms with Gasteiger partial charge in [-0.15, -0.1) is 0 Å². The molecule has 36 heavy (non-hydrogen) atoms. The lowest BCUT2D eigenvalue weighted by atomic mass is 10.1. The van der Waals surface area contributed by atoms with E-state index in [0.29, 0.717) is 54.1 Å². The van der Waals surface area contributed by atoms with Gasteiger partial charge in [0.15, 0.2) is 10.7 Å². The predicted octanol–water partition coefficient (Wildman–Crippen LogP) is 7.85. The van der Waals surface area contributed by atoms with Crippen LogP contribution in [-0.4, -0.2) is 23.1 Å². The van der Waals surface area contributed by atoms with Gasteiger partial charge in [0.2, 0.25) is 5.89 Å². The summed E-state index contributed by atoms with van der Waals surface area (Å²) in [5.41, 5.74) is 2.88. The molecule has 0 aliphatic heterocycles. The molecule has 4 aromatic carbocycles. The molecule has 0 atom stereocenters. The van der Waals surface area contributed by atoms with Crippen LogP contribution in [0.2, 0.25) is 10.0 Å². The van der Waals surface area contributed by atoms with E-state index in [1.165, 1.54) is 7.11 Å². The van der Waals surface area contributed by atoms with Crippen LogP contribution in [-0.2, 0) is 0 Å². The first-order valence-electron chi connectivity index (χ1n) is 10.6. The Morgan fingerprint density at radius 3 is 2.64 bits per heavy atom. The Balaban J connectivity index is 1.35. The third-order valence-electron chi connectivity index (χ3n) is 5.43. The number of ether oxygens (including phenoxy) is 1. The van der Waals surface area contributed by atoms with Gasteiger partial charge in [-0.05, 0) is 81.4 Å². The van der Waals surface area contributed by atoms with E-state index in [1.807, 2.05) is 24.3 Å². The molecule has 1 aromatic heterocycles. The lowest BCUT2D eigenvalue weighted by molar-refractivity contribution is 0.0975. The fourth-order valence-electron chi connectivity index (χ4n) is 3.74. The first kappa shape index (κ1) is 24.5. The molecule has 180 valence electrons.